The fourth-order valence-corrected chi connectivity index (χ4v) is 5.94. The van der Waals surface area contributed by atoms with Gasteiger partial charge in [0, 0.05) is 38.1 Å². The third-order valence-electron chi connectivity index (χ3n) is 6.34. The van der Waals surface area contributed by atoms with Crippen molar-refractivity contribution in [2.75, 3.05) is 36.4 Å². The Kier molecular flexibility index (Phi) is 4.88. The number of piperazine rings is 1. The number of aromatic nitrogens is 4. The minimum absolute atomic E-state index is 0.782. The number of fused-ring (bicyclic) bond motifs is 5. The second-order valence-corrected chi connectivity index (χ2v) is 9.27. The van der Waals surface area contributed by atoms with Gasteiger partial charge < -0.3 is 15.5 Å². The maximum Gasteiger partial charge on any atom is 0.172 e. The van der Waals surface area contributed by atoms with Crippen molar-refractivity contribution in [2.24, 2.45) is 0 Å². The summed E-state index contributed by atoms with van der Waals surface area (Å²) in [5.74, 6) is 1.99. The van der Waals surface area contributed by atoms with E-state index in [1.54, 1.807) is 11.3 Å². The van der Waals surface area contributed by atoms with Crippen molar-refractivity contribution in [3.05, 3.63) is 47.0 Å². The highest BCUT2D eigenvalue weighted by Gasteiger charge is 2.25. The van der Waals surface area contributed by atoms with Crippen molar-refractivity contribution >= 4 is 43.4 Å². The van der Waals surface area contributed by atoms with Crippen LogP contribution in [0.2, 0.25) is 0 Å². The van der Waals surface area contributed by atoms with Crippen LogP contribution in [0.5, 0.6) is 0 Å². The molecule has 0 radical (unpaired) electrons. The van der Waals surface area contributed by atoms with Gasteiger partial charge in [-0.2, -0.15) is 0 Å². The molecule has 1 aromatic carbocycles. The zero-order valence-electron chi connectivity index (χ0n) is 17.4. The summed E-state index contributed by atoms with van der Waals surface area (Å²) in [7, 11) is 0. The molecule has 31 heavy (non-hydrogen) atoms. The molecule has 2 aliphatic rings. The first-order valence-corrected chi connectivity index (χ1v) is 11.9. The third kappa shape index (κ3) is 3.40. The van der Waals surface area contributed by atoms with E-state index in [0.29, 0.717) is 0 Å². The van der Waals surface area contributed by atoms with Crippen LogP contribution in [0.15, 0.2) is 30.3 Å². The maximum atomic E-state index is 5.11. The molecule has 0 unspecified atom stereocenters. The van der Waals surface area contributed by atoms with Crippen LogP contribution >= 0.6 is 11.3 Å². The third-order valence-corrected chi connectivity index (χ3v) is 7.41. The van der Waals surface area contributed by atoms with Gasteiger partial charge in [-0.3, -0.25) is 0 Å². The maximum absolute atomic E-state index is 5.11. The first kappa shape index (κ1) is 18.9. The van der Waals surface area contributed by atoms with Gasteiger partial charge in [-0.15, -0.1) is 21.5 Å². The zero-order valence-corrected chi connectivity index (χ0v) is 18.2. The summed E-state index contributed by atoms with van der Waals surface area (Å²) >= 11 is 1.71. The van der Waals surface area contributed by atoms with Crippen molar-refractivity contribution in [1.82, 2.24) is 25.7 Å². The average Bonchev–Trinajstić information content (AvgIpc) is 3.22. The normalized spacial score (nSPS) is 16.6. The van der Waals surface area contributed by atoms with Crippen LogP contribution in [0, 0.1) is 0 Å². The van der Waals surface area contributed by atoms with E-state index in [1.807, 2.05) is 0 Å². The number of hydrogen-bond acceptors (Lipinski definition) is 8. The molecular formula is C23H25N7S. The molecule has 4 heterocycles. The molecule has 0 spiro atoms. The van der Waals surface area contributed by atoms with Gasteiger partial charge in [0.2, 0.25) is 0 Å². The Morgan fingerprint density at radius 2 is 1.81 bits per heavy atom. The highest BCUT2D eigenvalue weighted by Crippen LogP contribution is 2.42. The number of nitrogens with zero attached hydrogens (tertiary/aromatic N) is 5. The Morgan fingerprint density at radius 1 is 1.00 bits per heavy atom. The van der Waals surface area contributed by atoms with Crippen LogP contribution in [-0.4, -0.2) is 46.6 Å². The minimum atomic E-state index is 0.782. The van der Waals surface area contributed by atoms with E-state index >= 15 is 0 Å². The predicted octanol–water partition coefficient (Wildman–Crippen LogP) is 3.54. The van der Waals surface area contributed by atoms with E-state index in [-0.39, 0.29) is 0 Å². The molecule has 3 aromatic heterocycles. The first-order valence-electron chi connectivity index (χ1n) is 11.1. The molecule has 7 nitrogen and oxygen atoms in total. The predicted molar refractivity (Wildman–Crippen MR) is 126 cm³/mol. The van der Waals surface area contributed by atoms with Gasteiger partial charge in [0.25, 0.3) is 0 Å². The Hall–Kier alpha value is -2.84. The highest BCUT2D eigenvalue weighted by molar-refractivity contribution is 7.26. The number of thiophene rings is 1. The second-order valence-electron chi connectivity index (χ2n) is 8.27. The largest absolute Gasteiger partial charge is 0.366 e. The summed E-state index contributed by atoms with van der Waals surface area (Å²) in [5, 5.41) is 21.3. The van der Waals surface area contributed by atoms with Gasteiger partial charge in [-0.05, 0) is 47.6 Å². The summed E-state index contributed by atoms with van der Waals surface area (Å²) in [6, 6.07) is 10.5. The Morgan fingerprint density at radius 3 is 2.65 bits per heavy atom. The van der Waals surface area contributed by atoms with Crippen molar-refractivity contribution in [2.45, 2.75) is 32.2 Å². The summed E-state index contributed by atoms with van der Waals surface area (Å²) in [4.78, 5) is 8.48. The Balaban J connectivity index is 1.48. The number of anilines is 2. The fourth-order valence-electron chi connectivity index (χ4n) is 4.79. The first-order chi connectivity index (χ1) is 15.4. The lowest BCUT2D eigenvalue weighted by Crippen LogP contribution is -2.44. The van der Waals surface area contributed by atoms with E-state index in [2.05, 4.69) is 61.3 Å². The second kappa shape index (κ2) is 8.01. The fraction of sp³-hybridized carbons (Fsp3) is 0.391. The van der Waals surface area contributed by atoms with Crippen LogP contribution in [0.1, 0.15) is 29.5 Å². The molecule has 1 aliphatic heterocycles. The molecule has 8 heteroatoms. The minimum Gasteiger partial charge on any atom is -0.366 e. The van der Waals surface area contributed by atoms with Gasteiger partial charge >= 0.3 is 0 Å². The van der Waals surface area contributed by atoms with Gasteiger partial charge in [-0.25, -0.2) is 4.98 Å². The summed E-state index contributed by atoms with van der Waals surface area (Å²) in [6.45, 7) is 4.61. The lowest BCUT2D eigenvalue weighted by atomic mass is 9.90. The number of aryl methyl sites for hydroxylation is 1. The lowest BCUT2D eigenvalue weighted by Gasteiger charge is -2.27. The standard InChI is InChI=1S/C23H25N7S/c1-2-6-15(7-3-1)14-25-21-17-9-5-4-8-16(17)18-19-20(31-23(18)26-21)22(28-29-27-19)30-12-10-24-11-13-30/h1-3,6-7,24H,4-5,8-14H2,(H,25,26). The van der Waals surface area contributed by atoms with Crippen LogP contribution < -0.4 is 15.5 Å². The van der Waals surface area contributed by atoms with Gasteiger partial charge in [0.05, 0.1) is 0 Å². The summed E-state index contributed by atoms with van der Waals surface area (Å²) < 4.78 is 1.12. The number of hydrogen-bond donors (Lipinski definition) is 2. The zero-order chi connectivity index (χ0) is 20.6. The van der Waals surface area contributed by atoms with E-state index in [9.17, 15) is 0 Å². The Labute approximate surface area is 184 Å². The van der Waals surface area contributed by atoms with Gasteiger partial charge in [0.15, 0.2) is 5.82 Å². The molecule has 6 rings (SSSR count). The highest BCUT2D eigenvalue weighted by atomic mass is 32.1. The van der Waals surface area contributed by atoms with Crippen LogP contribution in [-0.2, 0) is 19.4 Å². The van der Waals surface area contributed by atoms with Crippen LogP contribution in [0.3, 0.4) is 0 Å². The number of pyridine rings is 1. The molecule has 4 aromatic rings. The molecule has 1 aliphatic carbocycles. The summed E-state index contributed by atoms with van der Waals surface area (Å²) in [5.41, 5.74) is 5.01. The SMILES string of the molecule is c1ccc(CNc2nc3sc4c(N5CCNCC5)nnnc4c3c3c2CCCC3)cc1. The monoisotopic (exact) mass is 431 g/mol. The van der Waals surface area contributed by atoms with Gasteiger partial charge in [-0.1, -0.05) is 30.3 Å². The van der Waals surface area contributed by atoms with E-state index in [0.717, 1.165) is 72.2 Å². The molecule has 0 atom stereocenters. The van der Waals surface area contributed by atoms with E-state index in [1.165, 1.54) is 34.9 Å². The Bertz CT molecular complexity index is 1230. The van der Waals surface area contributed by atoms with Crippen LogP contribution in [0.25, 0.3) is 20.4 Å². The molecule has 0 bridgehead atoms. The number of rotatable bonds is 4. The van der Waals surface area contributed by atoms with Crippen molar-refractivity contribution in [3.63, 3.8) is 0 Å². The molecule has 158 valence electrons. The van der Waals surface area contributed by atoms with E-state index < -0.39 is 0 Å². The average molecular weight is 432 g/mol. The van der Waals surface area contributed by atoms with Gasteiger partial charge in [0.1, 0.15) is 20.9 Å². The van der Waals surface area contributed by atoms with E-state index in [4.69, 9.17) is 4.98 Å². The molecule has 0 saturated carbocycles. The molecule has 1 saturated heterocycles. The molecular weight excluding hydrogens is 406 g/mol. The molecule has 0 amide bonds. The summed E-state index contributed by atoms with van der Waals surface area (Å²) in [6.07, 6.45) is 4.56. The smallest absolute Gasteiger partial charge is 0.172 e. The molecule has 1 fully saturated rings. The lowest BCUT2D eigenvalue weighted by molar-refractivity contribution is 0.583. The topological polar surface area (TPSA) is 78.9 Å². The van der Waals surface area contributed by atoms with Crippen molar-refractivity contribution in [3.8, 4) is 0 Å². The number of benzene rings is 1. The van der Waals surface area contributed by atoms with Crippen molar-refractivity contribution < 1.29 is 0 Å². The quantitative estimate of drug-likeness (QED) is 0.512. The molecule has 2 N–H and O–H groups in total. The van der Waals surface area contributed by atoms with Crippen LogP contribution in [0.4, 0.5) is 11.6 Å². The number of nitrogens with one attached hydrogen (secondary N) is 2. The van der Waals surface area contributed by atoms with Crippen molar-refractivity contribution in [1.29, 1.82) is 0 Å².